The number of halogens is 1. The molecule has 1 aromatic heterocycles. The molecule has 3 aromatic rings. The minimum Gasteiger partial charge on any atom is -0.331 e. The van der Waals surface area contributed by atoms with Crippen molar-refractivity contribution >= 4 is 6.03 Å². The number of benzene rings is 2. The Morgan fingerprint density at radius 1 is 1.16 bits per heavy atom. The summed E-state index contributed by atoms with van der Waals surface area (Å²) in [6.45, 7) is 0.243. The molecular weight excluding hydrogens is 321 g/mol. The summed E-state index contributed by atoms with van der Waals surface area (Å²) < 4.78 is 15.2. The Morgan fingerprint density at radius 2 is 1.92 bits per heavy atom. The number of nitrogens with zero attached hydrogens (tertiary/aromatic N) is 3. The Bertz CT molecular complexity index is 849. The van der Waals surface area contributed by atoms with Crippen LogP contribution >= 0.6 is 0 Å². The van der Waals surface area contributed by atoms with Gasteiger partial charge in [-0.25, -0.2) is 14.2 Å². The molecule has 0 aliphatic rings. The molecule has 0 saturated heterocycles. The molecule has 2 amide bonds. The van der Waals surface area contributed by atoms with Gasteiger partial charge in [0, 0.05) is 7.05 Å². The molecule has 2 aromatic carbocycles. The highest BCUT2D eigenvalue weighted by atomic mass is 19.1. The normalized spacial score (nSPS) is 11.8. The highest BCUT2D eigenvalue weighted by Crippen LogP contribution is 2.22. The van der Waals surface area contributed by atoms with Crippen LogP contribution in [0.3, 0.4) is 0 Å². The van der Waals surface area contributed by atoms with Gasteiger partial charge in [-0.2, -0.15) is 5.10 Å². The van der Waals surface area contributed by atoms with Crippen LogP contribution in [-0.2, 0) is 13.6 Å². The smallest absolute Gasteiger partial charge is 0.315 e. The van der Waals surface area contributed by atoms with Gasteiger partial charge in [-0.3, -0.25) is 4.68 Å². The first-order valence-electron chi connectivity index (χ1n) is 7.81. The number of nitrogens with one attached hydrogen (secondary N) is 2. The average Bonchev–Trinajstić information content (AvgIpc) is 3.03. The molecule has 25 heavy (non-hydrogen) atoms. The molecule has 0 bridgehead atoms. The first-order valence-corrected chi connectivity index (χ1v) is 7.81. The molecule has 6 nitrogen and oxygen atoms in total. The van der Waals surface area contributed by atoms with Gasteiger partial charge in [0.25, 0.3) is 0 Å². The summed E-state index contributed by atoms with van der Waals surface area (Å²) in [5.41, 5.74) is 1.53. The maximum Gasteiger partial charge on any atom is 0.315 e. The molecule has 1 unspecified atom stereocenters. The zero-order valence-electron chi connectivity index (χ0n) is 13.7. The Labute approximate surface area is 144 Å². The van der Waals surface area contributed by atoms with Crippen LogP contribution in [0.5, 0.6) is 0 Å². The Morgan fingerprint density at radius 3 is 2.60 bits per heavy atom. The van der Waals surface area contributed by atoms with Crippen molar-refractivity contribution in [3.8, 4) is 0 Å². The van der Waals surface area contributed by atoms with Gasteiger partial charge in [0.05, 0.1) is 12.6 Å². The maximum absolute atomic E-state index is 13.6. The van der Waals surface area contributed by atoms with Crippen LogP contribution in [0.15, 0.2) is 60.9 Å². The van der Waals surface area contributed by atoms with Crippen molar-refractivity contribution in [1.29, 1.82) is 0 Å². The fourth-order valence-corrected chi connectivity index (χ4v) is 2.51. The summed E-state index contributed by atoms with van der Waals surface area (Å²) in [5, 5.41) is 9.58. The quantitative estimate of drug-likeness (QED) is 0.750. The molecule has 1 atom stereocenters. The second-order valence-electron chi connectivity index (χ2n) is 5.53. The lowest BCUT2D eigenvalue weighted by atomic mass is 9.99. The number of aromatic nitrogens is 3. The maximum atomic E-state index is 13.6. The average molecular weight is 339 g/mol. The summed E-state index contributed by atoms with van der Waals surface area (Å²) in [4.78, 5) is 16.4. The number of carbonyl (C=O) groups is 1. The van der Waals surface area contributed by atoms with Crippen LogP contribution in [0.1, 0.15) is 23.0 Å². The third-order valence-corrected chi connectivity index (χ3v) is 3.80. The number of hydrogen-bond acceptors (Lipinski definition) is 3. The first kappa shape index (κ1) is 16.6. The Hall–Kier alpha value is -3.22. The molecule has 0 spiro atoms. The number of carbonyl (C=O) groups excluding carboxylic acids is 1. The van der Waals surface area contributed by atoms with E-state index in [2.05, 4.69) is 20.7 Å². The molecule has 2 N–H and O–H groups in total. The highest BCUT2D eigenvalue weighted by molar-refractivity contribution is 5.75. The summed E-state index contributed by atoms with van der Waals surface area (Å²) in [5.74, 6) is 0.289. The molecule has 0 radical (unpaired) electrons. The zero-order valence-corrected chi connectivity index (χ0v) is 13.7. The van der Waals surface area contributed by atoms with Crippen LogP contribution in [0.2, 0.25) is 0 Å². The second-order valence-corrected chi connectivity index (χ2v) is 5.53. The van der Waals surface area contributed by atoms with E-state index >= 15 is 0 Å². The van der Waals surface area contributed by atoms with Gasteiger partial charge in [0.15, 0.2) is 0 Å². The van der Waals surface area contributed by atoms with E-state index in [4.69, 9.17) is 0 Å². The van der Waals surface area contributed by atoms with Crippen molar-refractivity contribution in [1.82, 2.24) is 25.4 Å². The van der Waals surface area contributed by atoms with Gasteiger partial charge < -0.3 is 10.6 Å². The number of amides is 2. The molecule has 0 aliphatic heterocycles. The van der Waals surface area contributed by atoms with Crippen LogP contribution in [0.25, 0.3) is 0 Å². The summed E-state index contributed by atoms with van der Waals surface area (Å²) in [7, 11) is 1.75. The predicted octanol–water partition coefficient (Wildman–Crippen LogP) is 2.54. The minimum atomic E-state index is -0.462. The lowest BCUT2D eigenvalue weighted by Crippen LogP contribution is -2.38. The van der Waals surface area contributed by atoms with Crippen LogP contribution in [0, 0.1) is 5.82 Å². The highest BCUT2D eigenvalue weighted by Gasteiger charge is 2.17. The monoisotopic (exact) mass is 339 g/mol. The molecule has 3 rings (SSSR count). The van der Waals surface area contributed by atoms with Crippen molar-refractivity contribution in [3.05, 3.63) is 83.7 Å². The van der Waals surface area contributed by atoms with E-state index < -0.39 is 6.04 Å². The third-order valence-electron chi connectivity index (χ3n) is 3.80. The second kappa shape index (κ2) is 7.57. The van der Waals surface area contributed by atoms with Crippen LogP contribution < -0.4 is 10.6 Å². The van der Waals surface area contributed by atoms with Crippen molar-refractivity contribution < 1.29 is 9.18 Å². The summed E-state index contributed by atoms with van der Waals surface area (Å²) in [6, 6.07) is 14.8. The number of hydrogen-bond donors (Lipinski definition) is 2. The zero-order chi connectivity index (χ0) is 17.6. The topological polar surface area (TPSA) is 71.8 Å². The van der Waals surface area contributed by atoms with Crippen LogP contribution in [0.4, 0.5) is 9.18 Å². The fraction of sp³-hybridized carbons (Fsp3) is 0.167. The minimum absolute atomic E-state index is 0.243. The van der Waals surface area contributed by atoms with Crippen molar-refractivity contribution in [2.45, 2.75) is 12.6 Å². The van der Waals surface area contributed by atoms with E-state index in [1.807, 2.05) is 30.3 Å². The number of aryl methyl sites for hydroxylation is 1. The largest absolute Gasteiger partial charge is 0.331 e. The van der Waals surface area contributed by atoms with E-state index in [1.165, 1.54) is 18.5 Å². The van der Waals surface area contributed by atoms with Gasteiger partial charge in [0.1, 0.15) is 18.0 Å². The number of rotatable bonds is 5. The Balaban J connectivity index is 1.76. The standard InChI is InChI=1S/C18H18FN5O/c1-24-16(21-12-22-24)11-20-18(25)23-17(13-6-3-2-4-7-13)14-8-5-9-15(19)10-14/h2-10,12,17H,11H2,1H3,(H2,20,23,25). The predicted molar refractivity (Wildman–Crippen MR) is 91.1 cm³/mol. The van der Waals surface area contributed by atoms with Crippen molar-refractivity contribution in [2.75, 3.05) is 0 Å². The van der Waals surface area contributed by atoms with E-state index in [0.29, 0.717) is 11.4 Å². The molecule has 0 fully saturated rings. The molecule has 7 heteroatoms. The van der Waals surface area contributed by atoms with E-state index in [1.54, 1.807) is 23.9 Å². The van der Waals surface area contributed by atoms with Gasteiger partial charge >= 0.3 is 6.03 Å². The molecule has 128 valence electrons. The van der Waals surface area contributed by atoms with Crippen LogP contribution in [-0.4, -0.2) is 20.8 Å². The van der Waals surface area contributed by atoms with Gasteiger partial charge in [0.2, 0.25) is 0 Å². The third kappa shape index (κ3) is 4.20. The lowest BCUT2D eigenvalue weighted by molar-refractivity contribution is 0.238. The first-order chi connectivity index (χ1) is 12.1. The van der Waals surface area contributed by atoms with Gasteiger partial charge in [-0.05, 0) is 23.3 Å². The molecule has 1 heterocycles. The van der Waals surface area contributed by atoms with Gasteiger partial charge in [-0.15, -0.1) is 0 Å². The van der Waals surface area contributed by atoms with Crippen molar-refractivity contribution in [3.63, 3.8) is 0 Å². The molecule has 0 saturated carbocycles. The van der Waals surface area contributed by atoms with E-state index in [0.717, 1.165) is 5.56 Å². The summed E-state index contributed by atoms with van der Waals surface area (Å²) in [6.07, 6.45) is 1.43. The van der Waals surface area contributed by atoms with E-state index in [9.17, 15) is 9.18 Å². The van der Waals surface area contributed by atoms with Crippen molar-refractivity contribution in [2.24, 2.45) is 7.05 Å². The summed E-state index contributed by atoms with van der Waals surface area (Å²) >= 11 is 0. The van der Waals surface area contributed by atoms with E-state index in [-0.39, 0.29) is 18.4 Å². The SMILES string of the molecule is Cn1ncnc1CNC(=O)NC(c1ccccc1)c1cccc(F)c1. The Kier molecular flexibility index (Phi) is 5.03. The molecular formula is C18H18FN5O. The number of urea groups is 1. The van der Waals surface area contributed by atoms with Gasteiger partial charge in [-0.1, -0.05) is 42.5 Å². The lowest BCUT2D eigenvalue weighted by Gasteiger charge is -2.20. The fourth-order valence-electron chi connectivity index (χ4n) is 2.51. The molecule has 0 aliphatic carbocycles.